The molecule has 0 radical (unpaired) electrons. The normalized spacial score (nSPS) is 56.5. The molecule has 2 heterocycles. The molecule has 0 aromatic rings. The van der Waals surface area contributed by atoms with Gasteiger partial charge in [0.25, 0.3) is 0 Å². The maximum absolute atomic E-state index is 7.22. The largest absolute Gasteiger partial charge is 0.356 e. The van der Waals surface area contributed by atoms with Crippen molar-refractivity contribution in [1.29, 1.82) is 0 Å². The Balaban J connectivity index is 1.23. The Morgan fingerprint density at radius 2 is 1.45 bits per heavy atom. The highest BCUT2D eigenvalue weighted by Gasteiger charge is 2.65. The van der Waals surface area contributed by atoms with Crippen molar-refractivity contribution in [2.45, 2.75) is 103 Å². The van der Waals surface area contributed by atoms with E-state index in [0.29, 0.717) is 6.10 Å². The minimum absolute atomic E-state index is 0.00283. The first-order valence-electron chi connectivity index (χ1n) is 13.3. The number of nitrogens with zero attached hydrogens (tertiary/aromatic N) is 1. The molecule has 0 amide bonds. The lowest BCUT2D eigenvalue weighted by molar-refractivity contribution is -0.239. The Morgan fingerprint density at radius 1 is 0.759 bits per heavy atom. The molecule has 4 saturated carbocycles. The molecule has 29 heavy (non-hydrogen) atoms. The molecule has 0 bridgehead atoms. The van der Waals surface area contributed by atoms with Gasteiger partial charge in [0, 0.05) is 12.0 Å². The summed E-state index contributed by atoms with van der Waals surface area (Å²) in [7, 11) is 2.35. The second kappa shape index (κ2) is 6.71. The van der Waals surface area contributed by atoms with Gasteiger partial charge in [-0.3, -0.25) is 4.90 Å². The second-order valence-corrected chi connectivity index (χ2v) is 12.9. The van der Waals surface area contributed by atoms with Gasteiger partial charge in [0.15, 0.2) is 0 Å². The molecule has 10 atom stereocenters. The smallest absolute Gasteiger partial charge is 0.127 e. The Bertz CT molecular complexity index is 644. The summed E-state index contributed by atoms with van der Waals surface area (Å²) >= 11 is 0. The molecule has 164 valence electrons. The average Bonchev–Trinajstić information content (AvgIpc) is 3.26. The number of hydrogen-bond donors (Lipinski definition) is 0. The molecular formula is C27H45NO. The molecule has 0 aromatic carbocycles. The molecule has 0 N–H and O–H groups in total. The van der Waals surface area contributed by atoms with Crippen LogP contribution in [-0.4, -0.2) is 30.3 Å². The molecule has 6 rings (SSSR count). The van der Waals surface area contributed by atoms with E-state index in [4.69, 9.17) is 4.74 Å². The van der Waals surface area contributed by atoms with E-state index in [1.54, 1.807) is 32.1 Å². The van der Waals surface area contributed by atoms with Crippen molar-refractivity contribution in [2.24, 2.45) is 52.8 Å². The number of rotatable bonds is 0. The minimum atomic E-state index is 0.00283. The van der Waals surface area contributed by atoms with Crippen LogP contribution in [0.2, 0.25) is 0 Å². The van der Waals surface area contributed by atoms with Gasteiger partial charge in [0.1, 0.15) is 5.72 Å². The SMILES string of the molecule is CC1CCN(C)C2(CC3C(CC4C3CCC3C5CCCCC5CCC34)O2)C1(C)C. The van der Waals surface area contributed by atoms with Crippen molar-refractivity contribution < 1.29 is 4.74 Å². The van der Waals surface area contributed by atoms with Crippen LogP contribution in [0, 0.1) is 52.8 Å². The highest BCUT2D eigenvalue weighted by atomic mass is 16.5. The fourth-order valence-corrected chi connectivity index (χ4v) is 10.1. The minimum Gasteiger partial charge on any atom is -0.356 e. The monoisotopic (exact) mass is 399 g/mol. The molecule has 2 nitrogen and oxygen atoms in total. The molecule has 10 unspecified atom stereocenters. The van der Waals surface area contributed by atoms with Crippen LogP contribution in [0.1, 0.15) is 91.4 Å². The van der Waals surface area contributed by atoms with Crippen LogP contribution in [0.25, 0.3) is 0 Å². The van der Waals surface area contributed by atoms with Crippen LogP contribution >= 0.6 is 0 Å². The lowest BCUT2D eigenvalue weighted by Gasteiger charge is -2.57. The van der Waals surface area contributed by atoms with Crippen molar-refractivity contribution in [1.82, 2.24) is 4.90 Å². The third kappa shape index (κ3) is 2.60. The Labute approximate surface area is 179 Å². The third-order valence-electron chi connectivity index (χ3n) is 12.0. The van der Waals surface area contributed by atoms with Gasteiger partial charge in [-0.2, -0.15) is 0 Å². The maximum Gasteiger partial charge on any atom is 0.127 e. The van der Waals surface area contributed by atoms with Crippen molar-refractivity contribution in [3.63, 3.8) is 0 Å². The number of ether oxygens (including phenoxy) is 1. The molecular weight excluding hydrogens is 354 g/mol. The van der Waals surface area contributed by atoms with Gasteiger partial charge in [-0.25, -0.2) is 0 Å². The first-order chi connectivity index (χ1) is 13.9. The van der Waals surface area contributed by atoms with Gasteiger partial charge in [-0.1, -0.05) is 40.0 Å². The van der Waals surface area contributed by atoms with Gasteiger partial charge in [-0.15, -0.1) is 0 Å². The van der Waals surface area contributed by atoms with Gasteiger partial charge >= 0.3 is 0 Å². The third-order valence-corrected chi connectivity index (χ3v) is 12.0. The summed E-state index contributed by atoms with van der Waals surface area (Å²) in [6.45, 7) is 8.70. The van der Waals surface area contributed by atoms with Crippen molar-refractivity contribution in [3.05, 3.63) is 0 Å². The molecule has 6 aliphatic rings. The zero-order valence-corrected chi connectivity index (χ0v) is 19.5. The van der Waals surface area contributed by atoms with E-state index in [-0.39, 0.29) is 11.1 Å². The molecule has 2 saturated heterocycles. The van der Waals surface area contributed by atoms with Crippen LogP contribution in [-0.2, 0) is 4.74 Å². The van der Waals surface area contributed by atoms with E-state index in [1.165, 1.54) is 45.1 Å². The summed E-state index contributed by atoms with van der Waals surface area (Å²) in [5.74, 6) is 7.90. The first kappa shape index (κ1) is 19.6. The highest BCUT2D eigenvalue weighted by Crippen LogP contribution is 2.65. The number of likely N-dealkylation sites (tertiary alicyclic amines) is 1. The van der Waals surface area contributed by atoms with Crippen LogP contribution in [0.5, 0.6) is 0 Å². The van der Waals surface area contributed by atoms with Crippen molar-refractivity contribution in [2.75, 3.05) is 13.6 Å². The standard InChI is InChI=1S/C27H45NO/c1-17-13-14-28(4)27(26(17,2)3)16-24-22-12-11-20-19-8-6-5-7-18(19)9-10-21(20)23(22)15-25(24)29-27/h17-25H,5-16H2,1-4H3. The predicted molar refractivity (Wildman–Crippen MR) is 118 cm³/mol. The van der Waals surface area contributed by atoms with Gasteiger partial charge in [-0.05, 0) is 106 Å². The first-order valence-corrected chi connectivity index (χ1v) is 13.3. The van der Waals surface area contributed by atoms with Crippen molar-refractivity contribution in [3.8, 4) is 0 Å². The molecule has 4 aliphatic carbocycles. The van der Waals surface area contributed by atoms with E-state index in [0.717, 1.165) is 47.3 Å². The van der Waals surface area contributed by atoms with Gasteiger partial charge in [0.2, 0.25) is 0 Å². The topological polar surface area (TPSA) is 12.5 Å². The Kier molecular flexibility index (Phi) is 4.53. The number of hydrogen-bond acceptors (Lipinski definition) is 2. The average molecular weight is 400 g/mol. The van der Waals surface area contributed by atoms with Crippen LogP contribution in [0.4, 0.5) is 0 Å². The zero-order valence-electron chi connectivity index (χ0n) is 19.5. The van der Waals surface area contributed by atoms with E-state index in [9.17, 15) is 0 Å². The molecule has 0 aromatic heterocycles. The molecule has 2 heteroatoms. The van der Waals surface area contributed by atoms with Crippen LogP contribution < -0.4 is 0 Å². The van der Waals surface area contributed by atoms with E-state index in [2.05, 4.69) is 32.7 Å². The van der Waals surface area contributed by atoms with Crippen LogP contribution in [0.3, 0.4) is 0 Å². The Morgan fingerprint density at radius 3 is 2.28 bits per heavy atom. The maximum atomic E-state index is 7.22. The number of fused-ring (bicyclic) bond motifs is 7. The van der Waals surface area contributed by atoms with Gasteiger partial charge in [0.05, 0.1) is 6.10 Å². The second-order valence-electron chi connectivity index (χ2n) is 12.9. The number of piperidine rings is 1. The lowest BCUT2D eigenvalue weighted by Crippen LogP contribution is -2.63. The summed E-state index contributed by atoms with van der Waals surface area (Å²) in [6.07, 6.45) is 16.9. The summed E-state index contributed by atoms with van der Waals surface area (Å²) < 4.78 is 7.22. The van der Waals surface area contributed by atoms with Gasteiger partial charge < -0.3 is 4.74 Å². The van der Waals surface area contributed by atoms with E-state index >= 15 is 0 Å². The summed E-state index contributed by atoms with van der Waals surface area (Å²) in [4.78, 5) is 2.62. The summed E-state index contributed by atoms with van der Waals surface area (Å²) in [6, 6.07) is 0. The lowest BCUT2D eigenvalue weighted by atomic mass is 9.53. The van der Waals surface area contributed by atoms with E-state index in [1.807, 2.05) is 0 Å². The van der Waals surface area contributed by atoms with Crippen LogP contribution in [0.15, 0.2) is 0 Å². The summed E-state index contributed by atoms with van der Waals surface area (Å²) in [5.41, 5.74) is 0.264. The Hall–Kier alpha value is -0.0800. The highest BCUT2D eigenvalue weighted by molar-refractivity contribution is 5.12. The predicted octanol–water partition coefficient (Wildman–Crippen LogP) is 6.35. The quantitative estimate of drug-likeness (QED) is 0.471. The van der Waals surface area contributed by atoms with E-state index < -0.39 is 0 Å². The molecule has 2 aliphatic heterocycles. The van der Waals surface area contributed by atoms with Crippen molar-refractivity contribution >= 4 is 0 Å². The molecule has 6 fully saturated rings. The molecule has 1 spiro atoms. The fraction of sp³-hybridized carbons (Fsp3) is 1.00. The fourth-order valence-electron chi connectivity index (χ4n) is 10.1. The zero-order chi connectivity index (χ0) is 20.0. The summed E-state index contributed by atoms with van der Waals surface area (Å²) in [5, 5.41) is 0.